The molecule has 1 fully saturated rings. The van der Waals surface area contributed by atoms with Crippen LogP contribution in [0.5, 0.6) is 11.5 Å². The molecule has 1 unspecified atom stereocenters. The number of halogens is 3. The van der Waals surface area contributed by atoms with E-state index in [9.17, 15) is 22.8 Å². The molecule has 0 spiro atoms. The molecule has 1 saturated heterocycles. The molecule has 2 aliphatic heterocycles. The van der Waals surface area contributed by atoms with Crippen LogP contribution < -0.4 is 9.47 Å². The van der Waals surface area contributed by atoms with Gasteiger partial charge in [0.1, 0.15) is 17.6 Å². The fraction of sp³-hybridized carbons (Fsp3) is 0.385. The van der Waals surface area contributed by atoms with Gasteiger partial charge < -0.3 is 19.3 Å². The van der Waals surface area contributed by atoms with E-state index in [0.717, 1.165) is 35.4 Å². The van der Waals surface area contributed by atoms with Crippen LogP contribution in [0, 0.1) is 0 Å². The summed E-state index contributed by atoms with van der Waals surface area (Å²) in [6.07, 6.45) is -0.455. The summed E-state index contributed by atoms with van der Waals surface area (Å²) in [6, 6.07) is 8.21. The van der Waals surface area contributed by atoms with Crippen molar-refractivity contribution in [2.75, 3.05) is 32.8 Å². The van der Waals surface area contributed by atoms with Crippen molar-refractivity contribution >= 4 is 17.9 Å². The maximum absolute atomic E-state index is 13.0. The second kappa shape index (κ2) is 10.0. The van der Waals surface area contributed by atoms with E-state index in [4.69, 9.17) is 9.47 Å². The molecule has 2 aromatic rings. The first-order chi connectivity index (χ1) is 16.7. The number of amides is 2. The second-order valence-corrected chi connectivity index (χ2v) is 8.59. The average molecular weight is 489 g/mol. The quantitative estimate of drug-likeness (QED) is 0.585. The number of fused-ring (bicyclic) bond motifs is 1. The van der Waals surface area contributed by atoms with Gasteiger partial charge in [-0.1, -0.05) is 6.07 Å². The first-order valence-electron chi connectivity index (χ1n) is 11.6. The Kier molecular flexibility index (Phi) is 7.05. The van der Waals surface area contributed by atoms with E-state index in [2.05, 4.69) is 0 Å². The van der Waals surface area contributed by atoms with Crippen LogP contribution >= 0.6 is 0 Å². The van der Waals surface area contributed by atoms with Crippen molar-refractivity contribution in [3.05, 3.63) is 64.7 Å². The molecule has 0 saturated carbocycles. The van der Waals surface area contributed by atoms with Crippen LogP contribution in [-0.4, -0.2) is 60.5 Å². The van der Waals surface area contributed by atoms with Gasteiger partial charge in [0.2, 0.25) is 5.91 Å². The predicted molar refractivity (Wildman–Crippen MR) is 124 cm³/mol. The van der Waals surface area contributed by atoms with Gasteiger partial charge >= 0.3 is 6.18 Å². The molecule has 35 heavy (non-hydrogen) atoms. The Morgan fingerprint density at radius 3 is 2.51 bits per heavy atom. The Hall–Kier alpha value is -3.49. The van der Waals surface area contributed by atoms with Crippen LogP contribution in [0.4, 0.5) is 13.2 Å². The maximum Gasteiger partial charge on any atom is 0.416 e. The summed E-state index contributed by atoms with van der Waals surface area (Å²) in [7, 11) is 0. The van der Waals surface area contributed by atoms with Crippen LogP contribution in [0.15, 0.2) is 42.5 Å². The van der Waals surface area contributed by atoms with Crippen molar-refractivity contribution in [3.63, 3.8) is 0 Å². The van der Waals surface area contributed by atoms with E-state index in [0.29, 0.717) is 12.4 Å². The molecule has 0 N–H and O–H groups in total. The number of carbonyl (C=O) groups excluding carboxylic acids is 2. The Morgan fingerprint density at radius 2 is 1.83 bits per heavy atom. The standard InChI is InChI=1S/C26H27F3N2O4/c1-3-34-22-16-20-13-17(2)35-23(20)15-18(22)7-8-24(32)30-9-11-31(12-10-30)25(33)19-5-4-6-21(14-19)26(27,28)29/h4-8,14-17H,3,9-13H2,1-2H3. The van der Waals surface area contributed by atoms with Crippen molar-refractivity contribution in [1.29, 1.82) is 0 Å². The van der Waals surface area contributed by atoms with Gasteiger partial charge in [-0.15, -0.1) is 0 Å². The largest absolute Gasteiger partial charge is 0.493 e. The Balaban J connectivity index is 1.39. The van der Waals surface area contributed by atoms with Crippen LogP contribution in [0.25, 0.3) is 6.08 Å². The van der Waals surface area contributed by atoms with E-state index >= 15 is 0 Å². The number of alkyl halides is 3. The first-order valence-corrected chi connectivity index (χ1v) is 11.6. The van der Waals surface area contributed by atoms with Crippen molar-refractivity contribution < 1.29 is 32.2 Å². The molecule has 6 nitrogen and oxygen atoms in total. The average Bonchev–Trinajstić information content (AvgIpc) is 3.20. The van der Waals surface area contributed by atoms with Crippen LogP contribution in [0.2, 0.25) is 0 Å². The molecule has 0 aromatic heterocycles. The molecule has 2 aliphatic rings. The van der Waals surface area contributed by atoms with Gasteiger partial charge in [-0.3, -0.25) is 9.59 Å². The summed E-state index contributed by atoms with van der Waals surface area (Å²) >= 11 is 0. The molecule has 0 radical (unpaired) electrons. The topological polar surface area (TPSA) is 59.1 Å². The summed E-state index contributed by atoms with van der Waals surface area (Å²) in [5.74, 6) is 0.778. The normalized spacial score (nSPS) is 17.9. The van der Waals surface area contributed by atoms with E-state index < -0.39 is 17.6 Å². The predicted octanol–water partition coefficient (Wildman–Crippen LogP) is 4.43. The molecule has 1 atom stereocenters. The minimum Gasteiger partial charge on any atom is -0.493 e. The number of ether oxygens (including phenoxy) is 2. The molecule has 2 heterocycles. The fourth-order valence-corrected chi connectivity index (χ4v) is 4.27. The van der Waals surface area contributed by atoms with Gasteiger partial charge in [-0.05, 0) is 50.3 Å². The lowest BCUT2D eigenvalue weighted by atomic mass is 10.1. The van der Waals surface area contributed by atoms with Crippen molar-refractivity contribution in [1.82, 2.24) is 9.80 Å². The smallest absolute Gasteiger partial charge is 0.416 e. The number of piperazine rings is 1. The lowest BCUT2D eigenvalue weighted by Gasteiger charge is -2.34. The highest BCUT2D eigenvalue weighted by Gasteiger charge is 2.32. The zero-order valence-corrected chi connectivity index (χ0v) is 19.6. The van der Waals surface area contributed by atoms with Gasteiger partial charge in [0.05, 0.1) is 12.2 Å². The number of rotatable bonds is 5. The molecule has 2 aromatic carbocycles. The number of carbonyl (C=O) groups is 2. The number of hydrogen-bond donors (Lipinski definition) is 0. The highest BCUT2D eigenvalue weighted by atomic mass is 19.4. The highest BCUT2D eigenvalue weighted by molar-refractivity contribution is 5.95. The van der Waals surface area contributed by atoms with Crippen molar-refractivity contribution in [2.24, 2.45) is 0 Å². The third-order valence-corrected chi connectivity index (χ3v) is 6.05. The zero-order valence-electron chi connectivity index (χ0n) is 19.6. The molecular weight excluding hydrogens is 461 g/mol. The van der Waals surface area contributed by atoms with E-state index in [1.807, 2.05) is 26.0 Å². The van der Waals surface area contributed by atoms with Gasteiger partial charge in [-0.25, -0.2) is 0 Å². The van der Waals surface area contributed by atoms with Crippen molar-refractivity contribution in [3.8, 4) is 11.5 Å². The zero-order chi connectivity index (χ0) is 25.2. The highest BCUT2D eigenvalue weighted by Crippen LogP contribution is 2.36. The molecule has 0 bridgehead atoms. The molecule has 4 rings (SSSR count). The Labute approximate surface area is 201 Å². The molecular formula is C26H27F3N2O4. The number of nitrogens with zero attached hydrogens (tertiary/aromatic N) is 2. The molecule has 2 amide bonds. The Bertz CT molecular complexity index is 1140. The third kappa shape index (κ3) is 5.61. The van der Waals surface area contributed by atoms with E-state index in [1.54, 1.807) is 11.0 Å². The van der Waals surface area contributed by atoms with Crippen LogP contribution in [0.1, 0.15) is 40.9 Å². The lowest BCUT2D eigenvalue weighted by Crippen LogP contribution is -2.50. The van der Waals surface area contributed by atoms with Crippen molar-refractivity contribution in [2.45, 2.75) is 32.5 Å². The monoisotopic (exact) mass is 488 g/mol. The second-order valence-electron chi connectivity index (χ2n) is 8.59. The number of benzene rings is 2. The minimum atomic E-state index is -4.51. The Morgan fingerprint density at radius 1 is 1.11 bits per heavy atom. The molecule has 186 valence electrons. The van der Waals surface area contributed by atoms with Crippen LogP contribution in [0.3, 0.4) is 0 Å². The van der Waals surface area contributed by atoms with E-state index in [-0.39, 0.29) is 43.8 Å². The summed E-state index contributed by atoms with van der Waals surface area (Å²) < 4.78 is 50.5. The first kappa shape index (κ1) is 24.6. The maximum atomic E-state index is 13.0. The SMILES string of the molecule is CCOc1cc2c(cc1C=CC(=O)N1CCN(C(=O)c3cccc(C(F)(F)F)c3)CC1)OC(C)C2. The van der Waals surface area contributed by atoms with Gasteiger partial charge in [0.15, 0.2) is 0 Å². The summed E-state index contributed by atoms with van der Waals surface area (Å²) in [6.45, 7) is 5.44. The fourth-order valence-electron chi connectivity index (χ4n) is 4.27. The lowest BCUT2D eigenvalue weighted by molar-refractivity contribution is -0.137. The third-order valence-electron chi connectivity index (χ3n) is 6.05. The van der Waals surface area contributed by atoms with Gasteiger partial charge in [0, 0.05) is 55.4 Å². The molecule has 0 aliphatic carbocycles. The summed E-state index contributed by atoms with van der Waals surface area (Å²) in [4.78, 5) is 28.5. The minimum absolute atomic E-state index is 0.0175. The number of hydrogen-bond acceptors (Lipinski definition) is 4. The van der Waals surface area contributed by atoms with E-state index in [1.165, 1.54) is 23.1 Å². The summed E-state index contributed by atoms with van der Waals surface area (Å²) in [5.41, 5.74) is 0.939. The summed E-state index contributed by atoms with van der Waals surface area (Å²) in [5, 5.41) is 0. The van der Waals surface area contributed by atoms with Crippen LogP contribution in [-0.2, 0) is 17.4 Å². The van der Waals surface area contributed by atoms with Gasteiger partial charge in [0.25, 0.3) is 5.91 Å². The molecule has 9 heteroatoms. The van der Waals surface area contributed by atoms with Gasteiger partial charge in [-0.2, -0.15) is 13.2 Å².